The normalized spacial score (nSPS) is 9.35. The molecular weight excluding hydrogens is 212 g/mol. The molecule has 0 atom stereocenters. The van der Waals surface area contributed by atoms with Crippen molar-refractivity contribution in [2.45, 2.75) is 0 Å². The molecule has 2 aromatic carbocycles. The fraction of sp³-hybridized carbons (Fsp3) is 0. The van der Waals surface area contributed by atoms with Crippen LogP contribution in [0.4, 0.5) is 0 Å². The Balaban J connectivity index is 2.49. The van der Waals surface area contributed by atoms with Gasteiger partial charge in [-0.2, -0.15) is 0 Å². The van der Waals surface area contributed by atoms with E-state index in [1.165, 1.54) is 0 Å². The summed E-state index contributed by atoms with van der Waals surface area (Å²) in [5.41, 5.74) is 2.24. The highest BCUT2D eigenvalue weighted by Crippen LogP contribution is 2.23. The van der Waals surface area contributed by atoms with E-state index in [-0.39, 0.29) is 0 Å². The molecule has 2 rings (SSSR count). The molecule has 2 aromatic rings. The third-order valence-corrected chi connectivity index (χ3v) is 2.38. The van der Waals surface area contributed by atoms with Crippen molar-refractivity contribution in [3.05, 3.63) is 60.2 Å². The largest absolute Gasteiger partial charge is 0.369 e. The van der Waals surface area contributed by atoms with E-state index in [2.05, 4.69) is 4.74 Å². The zero-order valence-corrected chi connectivity index (χ0v) is 9.09. The molecule has 0 aliphatic heterocycles. The molecule has 0 aliphatic carbocycles. The van der Waals surface area contributed by atoms with Crippen LogP contribution < -0.4 is 0 Å². The van der Waals surface area contributed by atoms with Gasteiger partial charge in [0, 0.05) is 0 Å². The number of terminal acetylenes is 1. The van der Waals surface area contributed by atoms with E-state index in [1.54, 1.807) is 12.1 Å². The van der Waals surface area contributed by atoms with Gasteiger partial charge in [0.15, 0.2) is 0 Å². The van der Waals surface area contributed by atoms with Gasteiger partial charge in [-0.3, -0.25) is 0 Å². The van der Waals surface area contributed by atoms with Gasteiger partial charge in [0.25, 0.3) is 0 Å². The van der Waals surface area contributed by atoms with Gasteiger partial charge in [-0.05, 0) is 17.2 Å². The Morgan fingerprint density at radius 3 is 2.35 bits per heavy atom. The number of rotatable bonds is 2. The number of ether oxygens (including phenoxy) is 1. The number of hydrogen-bond acceptors (Lipinski definition) is 2. The Morgan fingerprint density at radius 2 is 1.65 bits per heavy atom. The highest BCUT2D eigenvalue weighted by atomic mass is 16.5. The van der Waals surface area contributed by atoms with Crippen LogP contribution in [0.2, 0.25) is 0 Å². The first-order chi connectivity index (χ1) is 8.33. The number of benzene rings is 2. The average Bonchev–Trinajstić information content (AvgIpc) is 2.40. The summed E-state index contributed by atoms with van der Waals surface area (Å²) in [4.78, 5) is 11.7. The molecule has 0 fully saturated rings. The Labute approximate surface area is 99.9 Å². The summed E-state index contributed by atoms with van der Waals surface area (Å²) in [7, 11) is 0. The van der Waals surface area contributed by atoms with E-state index >= 15 is 0 Å². The van der Waals surface area contributed by atoms with Gasteiger partial charge in [-0.25, -0.2) is 4.79 Å². The Morgan fingerprint density at radius 1 is 1.00 bits per heavy atom. The summed E-state index contributed by atoms with van der Waals surface area (Å²) in [6, 6.07) is 16.8. The number of carbonyl (C=O) groups is 1. The molecular formula is C15H10O2. The average molecular weight is 222 g/mol. The molecule has 0 unspecified atom stereocenters. The first kappa shape index (κ1) is 11.0. The predicted molar refractivity (Wildman–Crippen MR) is 66.1 cm³/mol. The van der Waals surface area contributed by atoms with Gasteiger partial charge in [0.1, 0.15) is 6.11 Å². The summed E-state index contributed by atoms with van der Waals surface area (Å²) in [6.07, 6.45) is 6.86. The van der Waals surface area contributed by atoms with Crippen LogP contribution in [0.1, 0.15) is 10.4 Å². The van der Waals surface area contributed by atoms with Crippen molar-refractivity contribution < 1.29 is 9.53 Å². The molecule has 0 saturated carbocycles. The van der Waals surface area contributed by atoms with E-state index in [4.69, 9.17) is 6.42 Å². The van der Waals surface area contributed by atoms with E-state index in [1.807, 2.05) is 48.6 Å². The van der Waals surface area contributed by atoms with Gasteiger partial charge in [-0.15, -0.1) is 0 Å². The predicted octanol–water partition coefficient (Wildman–Crippen LogP) is 3.10. The number of hydrogen-bond donors (Lipinski definition) is 0. The molecule has 0 spiro atoms. The van der Waals surface area contributed by atoms with Gasteiger partial charge in [0.2, 0.25) is 0 Å². The monoisotopic (exact) mass is 222 g/mol. The van der Waals surface area contributed by atoms with Crippen molar-refractivity contribution >= 4 is 5.97 Å². The first-order valence-corrected chi connectivity index (χ1v) is 5.14. The molecule has 0 heterocycles. The second kappa shape index (κ2) is 5.00. The summed E-state index contributed by atoms with van der Waals surface area (Å²) in [5, 5.41) is 0. The summed E-state index contributed by atoms with van der Waals surface area (Å²) < 4.78 is 4.58. The molecule has 0 aliphatic rings. The van der Waals surface area contributed by atoms with E-state index in [9.17, 15) is 4.79 Å². The van der Waals surface area contributed by atoms with Crippen LogP contribution in [0.25, 0.3) is 11.1 Å². The van der Waals surface area contributed by atoms with Crippen molar-refractivity contribution in [2.75, 3.05) is 0 Å². The minimum absolute atomic E-state index is 0.469. The number of esters is 1. The lowest BCUT2D eigenvalue weighted by Gasteiger charge is -2.06. The Bertz CT molecular complexity index is 565. The van der Waals surface area contributed by atoms with E-state index in [0.717, 1.165) is 11.1 Å². The second-order valence-corrected chi connectivity index (χ2v) is 3.42. The lowest BCUT2D eigenvalue weighted by atomic mass is 10.00. The van der Waals surface area contributed by atoms with Crippen molar-refractivity contribution in [1.82, 2.24) is 0 Å². The van der Waals surface area contributed by atoms with Crippen LogP contribution in [-0.2, 0) is 4.74 Å². The van der Waals surface area contributed by atoms with Gasteiger partial charge in [-0.1, -0.05) is 55.0 Å². The topological polar surface area (TPSA) is 26.3 Å². The maximum Gasteiger partial charge on any atom is 0.352 e. The fourth-order valence-electron chi connectivity index (χ4n) is 1.64. The van der Waals surface area contributed by atoms with Crippen molar-refractivity contribution in [1.29, 1.82) is 0 Å². The molecule has 0 bridgehead atoms. The Hall–Kier alpha value is -2.53. The third kappa shape index (κ3) is 2.35. The molecule has 0 N–H and O–H groups in total. The zero-order valence-electron chi connectivity index (χ0n) is 9.09. The molecule has 2 nitrogen and oxygen atoms in total. The van der Waals surface area contributed by atoms with Crippen molar-refractivity contribution in [3.63, 3.8) is 0 Å². The molecule has 0 aromatic heterocycles. The molecule has 0 saturated heterocycles. The summed E-state index contributed by atoms with van der Waals surface area (Å²) in [6.45, 7) is 0. The molecule has 17 heavy (non-hydrogen) atoms. The smallest absolute Gasteiger partial charge is 0.352 e. The van der Waals surface area contributed by atoms with Crippen LogP contribution in [0.5, 0.6) is 0 Å². The number of carbonyl (C=O) groups excluding carboxylic acids is 1. The van der Waals surface area contributed by atoms with Gasteiger partial charge < -0.3 is 4.74 Å². The SMILES string of the molecule is C#COC(=O)c1ccccc1-c1ccccc1. The van der Waals surface area contributed by atoms with Crippen molar-refractivity contribution in [2.24, 2.45) is 0 Å². The van der Waals surface area contributed by atoms with Gasteiger partial charge in [0.05, 0.1) is 5.56 Å². The van der Waals surface area contributed by atoms with Gasteiger partial charge >= 0.3 is 5.97 Å². The van der Waals surface area contributed by atoms with Crippen molar-refractivity contribution in [3.8, 4) is 23.7 Å². The van der Waals surface area contributed by atoms with Crippen LogP contribution in [0.3, 0.4) is 0 Å². The highest BCUT2D eigenvalue weighted by Gasteiger charge is 2.12. The van der Waals surface area contributed by atoms with E-state index < -0.39 is 5.97 Å². The quantitative estimate of drug-likeness (QED) is 0.576. The maximum absolute atomic E-state index is 11.7. The minimum Gasteiger partial charge on any atom is -0.369 e. The fourth-order valence-corrected chi connectivity index (χ4v) is 1.64. The standard InChI is InChI=1S/C15H10O2/c1-2-17-15(16)14-11-7-6-10-13(14)12-8-4-3-5-9-12/h1,3-11H. The van der Waals surface area contributed by atoms with Crippen LogP contribution in [-0.4, -0.2) is 5.97 Å². The Kier molecular flexibility index (Phi) is 3.23. The minimum atomic E-state index is -0.507. The van der Waals surface area contributed by atoms with Crippen LogP contribution in [0.15, 0.2) is 54.6 Å². The van der Waals surface area contributed by atoms with Crippen LogP contribution in [0, 0.1) is 12.5 Å². The zero-order chi connectivity index (χ0) is 12.1. The first-order valence-electron chi connectivity index (χ1n) is 5.14. The summed E-state index contributed by atoms with van der Waals surface area (Å²) >= 11 is 0. The summed E-state index contributed by atoms with van der Waals surface area (Å²) in [5.74, 6) is -0.507. The van der Waals surface area contributed by atoms with Crippen LogP contribution >= 0.6 is 0 Å². The second-order valence-electron chi connectivity index (χ2n) is 3.42. The highest BCUT2D eigenvalue weighted by molar-refractivity contribution is 5.97. The lowest BCUT2D eigenvalue weighted by Crippen LogP contribution is -2.02. The lowest BCUT2D eigenvalue weighted by molar-refractivity contribution is 0.0692. The third-order valence-electron chi connectivity index (χ3n) is 2.38. The van der Waals surface area contributed by atoms with E-state index in [0.29, 0.717) is 5.56 Å². The molecule has 0 amide bonds. The molecule has 0 radical (unpaired) electrons. The maximum atomic E-state index is 11.7. The molecule has 82 valence electrons. The molecule has 2 heteroatoms.